The number of nitrogens with zero attached hydrogens (tertiary/aromatic N) is 2. The van der Waals surface area contributed by atoms with Crippen molar-refractivity contribution in [2.45, 2.75) is 13.2 Å². The van der Waals surface area contributed by atoms with Crippen molar-refractivity contribution >= 4 is 23.2 Å². The zero-order chi connectivity index (χ0) is 25.6. The highest BCUT2D eigenvalue weighted by Gasteiger charge is 2.26. The van der Waals surface area contributed by atoms with Crippen LogP contribution >= 0.6 is 0 Å². The van der Waals surface area contributed by atoms with Crippen molar-refractivity contribution in [1.82, 2.24) is 0 Å². The van der Waals surface area contributed by atoms with Crippen molar-refractivity contribution in [3.05, 3.63) is 119 Å². The highest BCUT2D eigenvalue weighted by molar-refractivity contribution is 6.06. The largest absolute Gasteiger partial charge is 0.489 e. The molecule has 0 saturated heterocycles. The molecule has 4 aromatic rings. The summed E-state index contributed by atoms with van der Waals surface area (Å²) in [5.41, 5.74) is 4.05. The van der Waals surface area contributed by atoms with Gasteiger partial charge in [-0.3, -0.25) is 9.59 Å². The number of nitrogens with one attached hydrogen (secondary N) is 1. The second-order valence-corrected chi connectivity index (χ2v) is 8.52. The molecule has 0 fully saturated rings. The normalized spacial score (nSPS) is 12.2. The molecule has 2 amide bonds. The third kappa shape index (κ3) is 5.60. The Morgan fingerprint density at radius 2 is 1.73 bits per heavy atom. The molecule has 0 radical (unpaired) electrons. The molecule has 0 saturated carbocycles. The van der Waals surface area contributed by atoms with E-state index in [0.717, 1.165) is 11.1 Å². The third-order valence-electron chi connectivity index (χ3n) is 5.92. The van der Waals surface area contributed by atoms with E-state index in [4.69, 9.17) is 14.7 Å². The van der Waals surface area contributed by atoms with Gasteiger partial charge in [-0.25, -0.2) is 0 Å². The molecular weight excluding hydrogens is 466 g/mol. The van der Waals surface area contributed by atoms with Gasteiger partial charge in [-0.2, -0.15) is 5.26 Å². The van der Waals surface area contributed by atoms with E-state index in [2.05, 4.69) is 11.4 Å². The number of rotatable bonds is 7. The van der Waals surface area contributed by atoms with E-state index in [1.165, 1.54) is 0 Å². The third-order valence-corrected chi connectivity index (χ3v) is 5.92. The van der Waals surface area contributed by atoms with Gasteiger partial charge >= 0.3 is 0 Å². The van der Waals surface area contributed by atoms with E-state index in [0.29, 0.717) is 47.2 Å². The van der Waals surface area contributed by atoms with E-state index in [9.17, 15) is 9.59 Å². The second-order valence-electron chi connectivity index (χ2n) is 8.52. The molecule has 0 aliphatic carbocycles. The van der Waals surface area contributed by atoms with E-state index >= 15 is 0 Å². The van der Waals surface area contributed by atoms with Crippen LogP contribution in [0.15, 0.2) is 97.1 Å². The molecule has 0 bridgehead atoms. The Morgan fingerprint density at radius 1 is 0.946 bits per heavy atom. The summed E-state index contributed by atoms with van der Waals surface area (Å²) in [5.74, 6) is 0.665. The summed E-state index contributed by atoms with van der Waals surface area (Å²) in [6, 6.07) is 31.3. The van der Waals surface area contributed by atoms with Crippen LogP contribution in [0, 0.1) is 11.3 Å². The van der Waals surface area contributed by atoms with Crippen molar-refractivity contribution in [2.24, 2.45) is 0 Å². The first-order chi connectivity index (χ1) is 18.1. The summed E-state index contributed by atoms with van der Waals surface area (Å²) < 4.78 is 11.4. The van der Waals surface area contributed by atoms with Crippen LogP contribution in [0.1, 0.15) is 27.0 Å². The summed E-state index contributed by atoms with van der Waals surface area (Å²) in [6.45, 7) is 0.639. The van der Waals surface area contributed by atoms with Crippen LogP contribution < -0.4 is 19.7 Å². The molecule has 5 rings (SSSR count). The number of carbonyl (C=O) groups excluding carboxylic acids is 2. The zero-order valence-electron chi connectivity index (χ0n) is 19.9. The number of ether oxygens (including phenoxy) is 2. The monoisotopic (exact) mass is 489 g/mol. The van der Waals surface area contributed by atoms with Gasteiger partial charge in [0.1, 0.15) is 18.1 Å². The maximum absolute atomic E-state index is 12.9. The van der Waals surface area contributed by atoms with E-state index < -0.39 is 0 Å². The Hall–Kier alpha value is -5.09. The smallest absolute Gasteiger partial charge is 0.265 e. The molecular formula is C30H23N3O4. The lowest BCUT2D eigenvalue weighted by atomic mass is 10.1. The number of hydrogen-bond donors (Lipinski definition) is 1. The van der Waals surface area contributed by atoms with Crippen molar-refractivity contribution in [2.75, 3.05) is 16.8 Å². The van der Waals surface area contributed by atoms with E-state index in [1.807, 2.05) is 36.4 Å². The molecule has 182 valence electrons. The number of fused-ring (bicyclic) bond motifs is 1. The van der Waals surface area contributed by atoms with Crippen molar-refractivity contribution in [1.29, 1.82) is 5.26 Å². The Morgan fingerprint density at radius 3 is 2.51 bits per heavy atom. The highest BCUT2D eigenvalue weighted by Crippen LogP contribution is 2.34. The SMILES string of the molecule is N#Cc1cccc(CN2C(=O)COc3cc(C(=O)Nc4ccc(OCc5ccccc5)cc4)ccc32)c1. The van der Waals surface area contributed by atoms with Crippen LogP contribution in [0.25, 0.3) is 0 Å². The summed E-state index contributed by atoms with van der Waals surface area (Å²) >= 11 is 0. The van der Waals surface area contributed by atoms with Crippen LogP contribution in [0.3, 0.4) is 0 Å². The summed E-state index contributed by atoms with van der Waals surface area (Å²) in [7, 11) is 0. The molecule has 0 spiro atoms. The summed E-state index contributed by atoms with van der Waals surface area (Å²) in [4.78, 5) is 27.1. The summed E-state index contributed by atoms with van der Waals surface area (Å²) in [6.07, 6.45) is 0. The predicted octanol–water partition coefficient (Wildman–Crippen LogP) is 5.32. The average molecular weight is 490 g/mol. The number of amides is 2. The Balaban J connectivity index is 1.25. The van der Waals surface area contributed by atoms with Crippen LogP contribution in [-0.4, -0.2) is 18.4 Å². The molecule has 0 atom stereocenters. The minimum absolute atomic E-state index is 0.125. The molecule has 0 aromatic heterocycles. The van der Waals surface area contributed by atoms with Crippen molar-refractivity contribution in [3.63, 3.8) is 0 Å². The molecule has 1 aliphatic rings. The Labute approximate surface area is 214 Å². The fourth-order valence-corrected chi connectivity index (χ4v) is 4.02. The maximum Gasteiger partial charge on any atom is 0.265 e. The minimum atomic E-state index is -0.297. The van der Waals surface area contributed by atoms with Gasteiger partial charge in [0.05, 0.1) is 23.9 Å². The number of nitriles is 1. The van der Waals surface area contributed by atoms with Gasteiger partial charge in [-0.15, -0.1) is 0 Å². The van der Waals surface area contributed by atoms with Crippen LogP contribution in [-0.2, 0) is 17.9 Å². The molecule has 37 heavy (non-hydrogen) atoms. The lowest BCUT2D eigenvalue weighted by Gasteiger charge is -2.29. The van der Waals surface area contributed by atoms with Crippen molar-refractivity contribution < 1.29 is 19.1 Å². The fourth-order valence-electron chi connectivity index (χ4n) is 4.02. The van der Waals surface area contributed by atoms with Gasteiger partial charge in [0.15, 0.2) is 6.61 Å². The number of benzene rings is 4. The van der Waals surface area contributed by atoms with Crippen LogP contribution in [0.4, 0.5) is 11.4 Å². The van der Waals surface area contributed by atoms with Gasteiger partial charge < -0.3 is 19.7 Å². The molecule has 1 aliphatic heterocycles. The zero-order valence-corrected chi connectivity index (χ0v) is 19.9. The molecule has 7 heteroatoms. The lowest BCUT2D eigenvalue weighted by molar-refractivity contribution is -0.121. The first kappa shape index (κ1) is 23.6. The minimum Gasteiger partial charge on any atom is -0.489 e. The Kier molecular flexibility index (Phi) is 6.82. The van der Waals surface area contributed by atoms with Crippen molar-refractivity contribution in [3.8, 4) is 17.6 Å². The first-order valence-corrected chi connectivity index (χ1v) is 11.7. The van der Waals surface area contributed by atoms with Crippen LogP contribution in [0.5, 0.6) is 11.5 Å². The standard InChI is InChI=1S/C30H23N3O4/c31-17-22-7-4-8-23(15-22)18-33-27-14-9-24(16-28(27)37-20-29(33)34)30(35)32-25-10-12-26(13-11-25)36-19-21-5-2-1-3-6-21/h1-16H,18-20H2,(H,32,35). The maximum atomic E-state index is 12.9. The average Bonchev–Trinajstić information content (AvgIpc) is 2.94. The predicted molar refractivity (Wildman–Crippen MR) is 139 cm³/mol. The van der Waals surface area contributed by atoms with Crippen LogP contribution in [0.2, 0.25) is 0 Å². The number of anilines is 2. The highest BCUT2D eigenvalue weighted by atomic mass is 16.5. The molecule has 1 heterocycles. The molecule has 0 unspecified atom stereocenters. The quantitative estimate of drug-likeness (QED) is 0.380. The van der Waals surface area contributed by atoms with Gasteiger partial charge in [0.25, 0.3) is 11.8 Å². The molecule has 1 N–H and O–H groups in total. The fraction of sp³-hybridized carbons (Fsp3) is 0.100. The Bertz CT molecular complexity index is 1480. The van der Waals surface area contributed by atoms with E-state index in [-0.39, 0.29) is 18.4 Å². The van der Waals surface area contributed by atoms with Gasteiger partial charge in [-0.1, -0.05) is 42.5 Å². The van der Waals surface area contributed by atoms with Gasteiger partial charge in [0, 0.05) is 11.3 Å². The lowest BCUT2D eigenvalue weighted by Crippen LogP contribution is -2.38. The van der Waals surface area contributed by atoms with Gasteiger partial charge in [-0.05, 0) is 65.7 Å². The molecule has 7 nitrogen and oxygen atoms in total. The summed E-state index contributed by atoms with van der Waals surface area (Å²) in [5, 5.41) is 12.0. The van der Waals surface area contributed by atoms with E-state index in [1.54, 1.807) is 65.6 Å². The van der Waals surface area contributed by atoms with Gasteiger partial charge in [0.2, 0.25) is 0 Å². The molecule has 4 aromatic carbocycles. The number of carbonyl (C=O) groups is 2. The first-order valence-electron chi connectivity index (χ1n) is 11.7. The second kappa shape index (κ2) is 10.7. The number of hydrogen-bond acceptors (Lipinski definition) is 5. The topological polar surface area (TPSA) is 91.7 Å².